The maximum absolute atomic E-state index is 11.5. The summed E-state index contributed by atoms with van der Waals surface area (Å²) in [5, 5.41) is 29.0. The highest BCUT2D eigenvalue weighted by atomic mass is 16.5. The lowest BCUT2D eigenvalue weighted by Crippen LogP contribution is -2.33. The van der Waals surface area contributed by atoms with Crippen LogP contribution in [0.2, 0.25) is 0 Å². The van der Waals surface area contributed by atoms with Crippen molar-refractivity contribution >= 4 is 92.3 Å². The van der Waals surface area contributed by atoms with Crippen molar-refractivity contribution in [2.45, 2.75) is 166 Å². The zero-order valence-corrected chi connectivity index (χ0v) is 53.0. The van der Waals surface area contributed by atoms with Gasteiger partial charge in [0.15, 0.2) is 23.1 Å². The molecule has 88 heavy (non-hydrogen) atoms. The lowest BCUT2D eigenvalue weighted by atomic mass is 9.71. The molecule has 0 spiro atoms. The van der Waals surface area contributed by atoms with Crippen LogP contribution in [0, 0.1) is 47.3 Å². The Balaban J connectivity index is 0.000000362. The predicted octanol–water partition coefficient (Wildman–Crippen LogP) is 12.3. The first-order chi connectivity index (χ1) is 41.2. The number of aliphatic carboxylic acids is 2. The number of Topliss-reactive ketones (excluding diaryl/α,β-unsaturated/α-hetero) is 11. The number of ether oxygens (including phenoxy) is 1. The minimum absolute atomic E-state index is 0.000419. The highest BCUT2D eigenvalue weighted by molar-refractivity contribution is 6.08. The van der Waals surface area contributed by atoms with Crippen LogP contribution < -0.4 is 0 Å². The average Bonchev–Trinajstić information content (AvgIpc) is 3.12. The molecule has 7 rings (SSSR count). The van der Waals surface area contributed by atoms with Gasteiger partial charge in [0.1, 0.15) is 40.5 Å². The summed E-state index contributed by atoms with van der Waals surface area (Å²) in [6, 6.07) is 22.7. The van der Waals surface area contributed by atoms with E-state index in [1.807, 2.05) is 36.4 Å². The van der Waals surface area contributed by atoms with Crippen molar-refractivity contribution in [2.24, 2.45) is 47.3 Å². The van der Waals surface area contributed by atoms with Gasteiger partial charge < -0.3 is 29.6 Å². The van der Waals surface area contributed by atoms with E-state index in [1.54, 1.807) is 52.1 Å². The van der Waals surface area contributed by atoms with Gasteiger partial charge in [-0.1, -0.05) is 66.7 Å². The number of aromatic carboxylic acids is 1. The molecule has 0 aromatic heterocycles. The number of hydrogen-bond acceptors (Lipinski definition) is 15. The van der Waals surface area contributed by atoms with Crippen molar-refractivity contribution in [3.8, 4) is 0 Å². The topological polar surface area (TPSA) is 309 Å². The van der Waals surface area contributed by atoms with E-state index in [0.717, 1.165) is 47.6 Å². The van der Waals surface area contributed by atoms with Gasteiger partial charge in [0, 0.05) is 72.3 Å². The van der Waals surface area contributed by atoms with Gasteiger partial charge >= 0.3 is 17.9 Å². The zero-order chi connectivity index (χ0) is 66.7. The quantitative estimate of drug-likeness (QED) is 0.0735. The Labute approximate surface area is 516 Å². The van der Waals surface area contributed by atoms with Crippen LogP contribution in [0.1, 0.15) is 216 Å². The van der Waals surface area contributed by atoms with Gasteiger partial charge in [0.25, 0.3) is 0 Å². The number of carbonyl (C=O) groups is 14. The smallest absolute Gasteiger partial charge is 0.335 e. The number of carboxylic acid groups (broad SMARTS) is 3. The number of benzene rings is 4. The second-order valence-corrected chi connectivity index (χ2v) is 23.3. The highest BCUT2D eigenvalue weighted by Crippen LogP contribution is 2.38. The predicted molar refractivity (Wildman–Crippen MR) is 332 cm³/mol. The van der Waals surface area contributed by atoms with Crippen LogP contribution in [0.5, 0.6) is 0 Å². The van der Waals surface area contributed by atoms with E-state index in [1.165, 1.54) is 73.6 Å². The van der Waals surface area contributed by atoms with E-state index >= 15 is 0 Å². The molecule has 0 saturated heterocycles. The van der Waals surface area contributed by atoms with Crippen LogP contribution in [0.25, 0.3) is 10.8 Å². The van der Waals surface area contributed by atoms with Crippen molar-refractivity contribution in [1.29, 1.82) is 0 Å². The van der Waals surface area contributed by atoms with Crippen molar-refractivity contribution in [3.05, 3.63) is 118 Å². The monoisotopic (exact) mass is 1220 g/mol. The number of rotatable bonds is 19. The standard InChI is InChI=1S/C14H14O2.2C12H18O4.C12H12O4.C10H16O2.C10H10O2/c1-10(15)12-8-7-11(9-16-2)13-5-3-4-6-14(12)13;1-7(13)5-10-6-9(12(15)16)3-4-11(10)8(2)14;2*1-7(13)5-10-6-9(8(2)14)3-4-11(10)12(15)16;2*1-7(11)9-3-5-10(6-4-9)8(2)12/h3-8H,9H2,1-2H3;2*9-11H,3-6H2,1-2H3,(H,15,16);3-4,6H,5H2,1-2H3,(H,15,16);9-10H,3-6H2,1-2H3;3-6H,1-2H3. The van der Waals surface area contributed by atoms with Crippen LogP contribution in [-0.4, -0.2) is 104 Å². The summed E-state index contributed by atoms with van der Waals surface area (Å²) < 4.78 is 5.15. The van der Waals surface area contributed by atoms with Gasteiger partial charge in [-0.3, -0.25) is 52.7 Å². The lowest BCUT2D eigenvalue weighted by Gasteiger charge is -2.32. The molecule has 18 nitrogen and oxygen atoms in total. The van der Waals surface area contributed by atoms with E-state index in [9.17, 15) is 67.1 Å². The van der Waals surface area contributed by atoms with Gasteiger partial charge in [-0.25, -0.2) is 4.79 Å². The summed E-state index contributed by atoms with van der Waals surface area (Å²) >= 11 is 0. The second kappa shape index (κ2) is 37.5. The van der Waals surface area contributed by atoms with E-state index in [4.69, 9.17) is 20.1 Å². The van der Waals surface area contributed by atoms with Crippen LogP contribution in [0.4, 0.5) is 0 Å². The Morgan fingerprint density at radius 2 is 0.807 bits per heavy atom. The zero-order valence-electron chi connectivity index (χ0n) is 53.0. The van der Waals surface area contributed by atoms with E-state index in [-0.39, 0.29) is 123 Å². The molecule has 4 aromatic carbocycles. The number of methoxy groups -OCH3 is 1. The molecule has 0 aliphatic heterocycles. The fraction of sp³-hybridized carbons (Fsp3) is 0.486. The van der Waals surface area contributed by atoms with E-state index < -0.39 is 23.8 Å². The van der Waals surface area contributed by atoms with Crippen molar-refractivity contribution < 1.29 is 87.2 Å². The molecule has 3 aliphatic carbocycles. The average molecular weight is 1220 g/mol. The molecule has 3 aliphatic rings. The largest absolute Gasteiger partial charge is 0.481 e. The van der Waals surface area contributed by atoms with Gasteiger partial charge in [-0.15, -0.1) is 0 Å². The maximum atomic E-state index is 11.5. The third-order valence-electron chi connectivity index (χ3n) is 16.3. The number of fused-ring (bicyclic) bond motifs is 1. The molecule has 6 atom stereocenters. The summed E-state index contributed by atoms with van der Waals surface area (Å²) in [5.74, 6) is -2.90. The third kappa shape index (κ3) is 25.7. The van der Waals surface area contributed by atoms with Gasteiger partial charge in [-0.05, 0) is 186 Å². The molecular formula is C70H88O18. The van der Waals surface area contributed by atoms with Crippen molar-refractivity contribution in [2.75, 3.05) is 7.11 Å². The highest BCUT2D eigenvalue weighted by Gasteiger charge is 2.38. The molecule has 476 valence electrons. The van der Waals surface area contributed by atoms with Crippen LogP contribution in [0.3, 0.4) is 0 Å². The lowest BCUT2D eigenvalue weighted by molar-refractivity contribution is -0.147. The van der Waals surface area contributed by atoms with Crippen LogP contribution in [0.15, 0.2) is 78.9 Å². The Bertz CT molecular complexity index is 3060. The number of carboxylic acids is 3. The Kier molecular flexibility index (Phi) is 32.4. The van der Waals surface area contributed by atoms with Gasteiger partial charge in [-0.2, -0.15) is 0 Å². The van der Waals surface area contributed by atoms with Crippen LogP contribution in [-0.2, 0) is 60.9 Å². The Morgan fingerprint density at radius 3 is 1.19 bits per heavy atom. The van der Waals surface area contributed by atoms with Crippen LogP contribution >= 0.6 is 0 Å². The molecule has 6 unspecified atom stereocenters. The summed E-state index contributed by atoms with van der Waals surface area (Å²) in [4.78, 5) is 155. The molecule has 0 amide bonds. The first kappa shape index (κ1) is 76.0. The SMILES string of the molecule is CC(=O)C1CCC(C(C)=O)CC1.CC(=O)CC1CC(C(=O)O)CCC1C(C)=O.CC(=O)CC1CC(C(C)=O)CCC1C(=O)O.CC(=O)Cc1cc(C(C)=O)ccc1C(=O)O.CC(=O)c1ccc(C(C)=O)cc1.COCc1ccc(C(C)=O)c2ccccc12. The maximum Gasteiger partial charge on any atom is 0.335 e. The molecule has 3 fully saturated rings. The minimum Gasteiger partial charge on any atom is -0.481 e. The first-order valence-corrected chi connectivity index (χ1v) is 29.7. The van der Waals surface area contributed by atoms with Gasteiger partial charge in [0.05, 0.1) is 24.0 Å². The Hall–Kier alpha value is -8.12. The molecule has 0 heterocycles. The van der Waals surface area contributed by atoms with E-state index in [0.29, 0.717) is 73.8 Å². The number of ketones is 11. The number of carbonyl (C=O) groups excluding carboxylic acids is 11. The van der Waals surface area contributed by atoms with Gasteiger partial charge in [0.2, 0.25) is 0 Å². The summed E-state index contributed by atoms with van der Waals surface area (Å²) in [6.07, 6.45) is 7.61. The summed E-state index contributed by atoms with van der Waals surface area (Å²) in [6.45, 7) is 17.3. The van der Waals surface area contributed by atoms with E-state index in [2.05, 4.69) is 0 Å². The third-order valence-corrected chi connectivity index (χ3v) is 16.3. The fourth-order valence-corrected chi connectivity index (χ4v) is 11.4. The molecule has 4 aromatic rings. The molecular weight excluding hydrogens is 1130 g/mol. The molecule has 3 saturated carbocycles. The fourth-order valence-electron chi connectivity index (χ4n) is 11.4. The Morgan fingerprint density at radius 1 is 0.398 bits per heavy atom. The summed E-state index contributed by atoms with van der Waals surface area (Å²) in [5.41, 5.74) is 4.03. The minimum atomic E-state index is -1.09. The first-order valence-electron chi connectivity index (χ1n) is 29.7. The number of hydrogen-bond donors (Lipinski definition) is 3. The molecule has 3 N–H and O–H groups in total. The molecule has 0 bridgehead atoms. The van der Waals surface area contributed by atoms with Crippen molar-refractivity contribution in [1.82, 2.24) is 0 Å². The summed E-state index contributed by atoms with van der Waals surface area (Å²) in [7, 11) is 1.67. The normalized spacial score (nSPS) is 19.9. The molecule has 0 radical (unpaired) electrons. The molecule has 18 heteroatoms. The second-order valence-electron chi connectivity index (χ2n) is 23.3. The van der Waals surface area contributed by atoms with Crippen molar-refractivity contribution in [3.63, 3.8) is 0 Å².